The number of hydrogen-bond acceptors (Lipinski definition) is 3. The van der Waals surface area contributed by atoms with E-state index in [2.05, 4.69) is 17.1 Å². The molecule has 0 unspecified atom stereocenters. The lowest BCUT2D eigenvalue weighted by Gasteiger charge is -2.24. The van der Waals surface area contributed by atoms with Gasteiger partial charge in [-0.2, -0.15) is 0 Å². The zero-order valence-corrected chi connectivity index (χ0v) is 10.5. The lowest BCUT2D eigenvalue weighted by Crippen LogP contribution is -2.41. The maximum Gasteiger partial charge on any atom is 0.0771 e. The third-order valence-corrected chi connectivity index (χ3v) is 4.03. The highest BCUT2D eigenvalue weighted by molar-refractivity contribution is 4.87. The quantitative estimate of drug-likeness (QED) is 0.644. The fraction of sp³-hybridized carbons (Fsp3) is 1.00. The van der Waals surface area contributed by atoms with E-state index in [4.69, 9.17) is 0 Å². The first kappa shape index (κ1) is 12.3. The Labute approximate surface area is 99.2 Å². The molecule has 0 spiro atoms. The van der Waals surface area contributed by atoms with Crippen molar-refractivity contribution in [1.82, 2.24) is 10.2 Å². The number of nitrogens with zero attached hydrogens (tertiary/aromatic N) is 1. The van der Waals surface area contributed by atoms with Gasteiger partial charge < -0.3 is 10.4 Å². The highest BCUT2D eigenvalue weighted by Gasteiger charge is 2.31. The molecular formula is C13H26N2O. The first-order valence-corrected chi connectivity index (χ1v) is 6.91. The lowest BCUT2D eigenvalue weighted by molar-refractivity contribution is 0.0472. The lowest BCUT2D eigenvalue weighted by atomic mass is 10.0. The predicted molar refractivity (Wildman–Crippen MR) is 66.6 cm³/mol. The zero-order chi connectivity index (χ0) is 11.4. The fourth-order valence-electron chi connectivity index (χ4n) is 2.79. The molecular weight excluding hydrogens is 200 g/mol. The normalized spacial score (nSPS) is 24.2. The number of aliphatic hydroxyl groups is 1. The molecule has 2 aliphatic rings. The maximum atomic E-state index is 10.2. The monoisotopic (exact) mass is 226 g/mol. The standard InChI is InChI=1S/C13H26N2O/c1-2-15(12-5-6-12)10-9-14-11-13(16)7-3-4-8-13/h12,14,16H,2-11H2,1H3. The van der Waals surface area contributed by atoms with Crippen molar-refractivity contribution in [2.75, 3.05) is 26.2 Å². The molecule has 0 aromatic carbocycles. The summed E-state index contributed by atoms with van der Waals surface area (Å²) in [6.45, 7) is 6.35. The van der Waals surface area contributed by atoms with Crippen LogP contribution in [0.2, 0.25) is 0 Å². The molecule has 0 aromatic heterocycles. The van der Waals surface area contributed by atoms with Crippen LogP contribution >= 0.6 is 0 Å². The molecule has 0 aromatic rings. The molecule has 2 N–H and O–H groups in total. The van der Waals surface area contributed by atoms with Gasteiger partial charge in [-0.3, -0.25) is 4.90 Å². The second-order valence-corrected chi connectivity index (χ2v) is 5.47. The summed E-state index contributed by atoms with van der Waals surface area (Å²) in [4.78, 5) is 2.55. The Bertz CT molecular complexity index is 210. The zero-order valence-electron chi connectivity index (χ0n) is 10.5. The van der Waals surface area contributed by atoms with E-state index in [0.29, 0.717) is 0 Å². The van der Waals surface area contributed by atoms with Crippen LogP contribution < -0.4 is 5.32 Å². The Balaban J connectivity index is 1.57. The van der Waals surface area contributed by atoms with E-state index in [1.54, 1.807) is 0 Å². The van der Waals surface area contributed by atoms with Crippen LogP contribution in [0.5, 0.6) is 0 Å². The van der Waals surface area contributed by atoms with E-state index in [1.165, 1.54) is 25.7 Å². The highest BCUT2D eigenvalue weighted by atomic mass is 16.3. The summed E-state index contributed by atoms with van der Waals surface area (Å²) < 4.78 is 0. The van der Waals surface area contributed by atoms with Crippen molar-refractivity contribution >= 4 is 0 Å². The van der Waals surface area contributed by atoms with Crippen LogP contribution in [0, 0.1) is 0 Å². The van der Waals surface area contributed by atoms with E-state index in [-0.39, 0.29) is 0 Å². The summed E-state index contributed by atoms with van der Waals surface area (Å²) in [6, 6.07) is 0.862. The topological polar surface area (TPSA) is 35.5 Å². The summed E-state index contributed by atoms with van der Waals surface area (Å²) in [5, 5.41) is 13.6. The largest absolute Gasteiger partial charge is 0.389 e. The molecule has 0 aliphatic heterocycles. The van der Waals surface area contributed by atoms with Crippen LogP contribution in [0.1, 0.15) is 45.4 Å². The van der Waals surface area contributed by atoms with E-state index in [9.17, 15) is 5.11 Å². The Morgan fingerprint density at radius 1 is 1.31 bits per heavy atom. The maximum absolute atomic E-state index is 10.2. The van der Waals surface area contributed by atoms with Crippen molar-refractivity contribution in [1.29, 1.82) is 0 Å². The summed E-state index contributed by atoms with van der Waals surface area (Å²) in [6.07, 6.45) is 7.14. The number of nitrogens with one attached hydrogen (secondary N) is 1. The number of likely N-dealkylation sites (N-methyl/N-ethyl adjacent to an activating group) is 1. The van der Waals surface area contributed by atoms with Crippen molar-refractivity contribution < 1.29 is 5.11 Å². The Morgan fingerprint density at radius 3 is 2.56 bits per heavy atom. The van der Waals surface area contributed by atoms with Crippen molar-refractivity contribution in [2.45, 2.75) is 57.1 Å². The molecule has 16 heavy (non-hydrogen) atoms. The molecule has 0 amide bonds. The second kappa shape index (κ2) is 5.48. The van der Waals surface area contributed by atoms with Gasteiger partial charge >= 0.3 is 0 Å². The molecule has 0 atom stereocenters. The summed E-state index contributed by atoms with van der Waals surface area (Å²) in [5.74, 6) is 0. The van der Waals surface area contributed by atoms with E-state index in [1.807, 2.05) is 0 Å². The minimum atomic E-state index is -0.392. The van der Waals surface area contributed by atoms with Crippen molar-refractivity contribution in [3.8, 4) is 0 Å². The first-order valence-electron chi connectivity index (χ1n) is 6.91. The van der Waals surface area contributed by atoms with Crippen molar-refractivity contribution in [3.63, 3.8) is 0 Å². The summed E-state index contributed by atoms with van der Waals surface area (Å²) >= 11 is 0. The molecule has 0 bridgehead atoms. The van der Waals surface area contributed by atoms with Gasteiger partial charge in [0.2, 0.25) is 0 Å². The van der Waals surface area contributed by atoms with Gasteiger partial charge in [0.25, 0.3) is 0 Å². The molecule has 0 radical (unpaired) electrons. The third-order valence-electron chi connectivity index (χ3n) is 4.03. The second-order valence-electron chi connectivity index (χ2n) is 5.47. The SMILES string of the molecule is CCN(CCNCC1(O)CCCC1)C1CC1. The van der Waals surface area contributed by atoms with Gasteiger partial charge in [0, 0.05) is 25.7 Å². The molecule has 2 aliphatic carbocycles. The van der Waals surface area contributed by atoms with Crippen LogP contribution in [0.4, 0.5) is 0 Å². The van der Waals surface area contributed by atoms with Gasteiger partial charge in [0.15, 0.2) is 0 Å². The van der Waals surface area contributed by atoms with Gasteiger partial charge in [-0.1, -0.05) is 19.8 Å². The van der Waals surface area contributed by atoms with Crippen LogP contribution in [0.25, 0.3) is 0 Å². The Morgan fingerprint density at radius 2 is 2.00 bits per heavy atom. The van der Waals surface area contributed by atoms with Gasteiger partial charge in [-0.15, -0.1) is 0 Å². The third kappa shape index (κ3) is 3.44. The van der Waals surface area contributed by atoms with E-state index >= 15 is 0 Å². The molecule has 0 saturated heterocycles. The van der Waals surface area contributed by atoms with E-state index in [0.717, 1.165) is 45.1 Å². The fourth-order valence-corrected chi connectivity index (χ4v) is 2.79. The molecule has 2 saturated carbocycles. The van der Waals surface area contributed by atoms with Crippen LogP contribution in [-0.2, 0) is 0 Å². The average Bonchev–Trinajstić information content (AvgIpc) is 3.02. The molecule has 3 heteroatoms. The molecule has 94 valence electrons. The Hall–Kier alpha value is -0.120. The first-order chi connectivity index (χ1) is 7.73. The van der Waals surface area contributed by atoms with Crippen LogP contribution in [-0.4, -0.2) is 47.8 Å². The number of hydrogen-bond donors (Lipinski definition) is 2. The molecule has 2 rings (SSSR count). The Kier molecular flexibility index (Phi) is 4.22. The minimum absolute atomic E-state index is 0.392. The summed E-state index contributed by atoms with van der Waals surface area (Å²) in [7, 11) is 0. The van der Waals surface area contributed by atoms with Gasteiger partial charge in [-0.05, 0) is 32.2 Å². The smallest absolute Gasteiger partial charge is 0.0771 e. The van der Waals surface area contributed by atoms with Crippen LogP contribution in [0.15, 0.2) is 0 Å². The van der Waals surface area contributed by atoms with Crippen LogP contribution in [0.3, 0.4) is 0 Å². The van der Waals surface area contributed by atoms with E-state index < -0.39 is 5.60 Å². The highest BCUT2D eigenvalue weighted by Crippen LogP contribution is 2.28. The summed E-state index contributed by atoms with van der Waals surface area (Å²) in [5.41, 5.74) is -0.392. The predicted octanol–water partition coefficient (Wildman–Crippen LogP) is 1.37. The minimum Gasteiger partial charge on any atom is -0.389 e. The van der Waals surface area contributed by atoms with Crippen molar-refractivity contribution in [3.05, 3.63) is 0 Å². The average molecular weight is 226 g/mol. The van der Waals surface area contributed by atoms with Crippen molar-refractivity contribution in [2.24, 2.45) is 0 Å². The van der Waals surface area contributed by atoms with Gasteiger partial charge in [0.05, 0.1) is 5.60 Å². The molecule has 2 fully saturated rings. The number of rotatable bonds is 7. The molecule has 0 heterocycles. The van der Waals surface area contributed by atoms with Gasteiger partial charge in [-0.25, -0.2) is 0 Å². The van der Waals surface area contributed by atoms with Gasteiger partial charge in [0.1, 0.15) is 0 Å². The molecule has 3 nitrogen and oxygen atoms in total.